The van der Waals surface area contributed by atoms with E-state index in [0.717, 1.165) is 11.1 Å². The van der Waals surface area contributed by atoms with E-state index in [1.807, 2.05) is 37.3 Å². The molecule has 0 radical (unpaired) electrons. The molecule has 0 bridgehead atoms. The number of benzene rings is 1. The Morgan fingerprint density at radius 3 is 2.65 bits per heavy atom. The first-order valence-electron chi connectivity index (χ1n) is 5.43. The number of nitrogen functional groups attached to an aromatic ring is 1. The van der Waals surface area contributed by atoms with Gasteiger partial charge in [0.2, 0.25) is 0 Å². The molecule has 0 unspecified atom stereocenters. The highest BCUT2D eigenvalue weighted by molar-refractivity contribution is 5.81. The lowest BCUT2D eigenvalue weighted by molar-refractivity contribution is -0.142. The zero-order chi connectivity index (χ0) is 12.8. The second-order valence-corrected chi connectivity index (χ2v) is 3.73. The molecule has 4 heteroatoms. The van der Waals surface area contributed by atoms with Crippen molar-refractivity contribution in [2.75, 3.05) is 12.8 Å². The van der Waals surface area contributed by atoms with Crippen LogP contribution in [0.15, 0.2) is 30.3 Å². The van der Waals surface area contributed by atoms with E-state index in [1.165, 1.54) is 7.11 Å². The minimum atomic E-state index is -0.661. The average molecular weight is 234 g/mol. The third-order valence-electron chi connectivity index (χ3n) is 2.60. The number of methoxy groups -OCH3 is 1. The van der Waals surface area contributed by atoms with Crippen molar-refractivity contribution in [2.24, 2.45) is 5.73 Å². The van der Waals surface area contributed by atoms with Gasteiger partial charge in [0.1, 0.15) is 6.04 Å². The Balaban J connectivity index is 2.88. The number of esters is 1. The van der Waals surface area contributed by atoms with Crippen LogP contribution in [0.4, 0.5) is 5.69 Å². The van der Waals surface area contributed by atoms with Gasteiger partial charge in [-0.1, -0.05) is 24.3 Å². The molecular weight excluding hydrogens is 216 g/mol. The zero-order valence-electron chi connectivity index (χ0n) is 10.1. The summed E-state index contributed by atoms with van der Waals surface area (Å²) in [5.41, 5.74) is 14.2. The monoisotopic (exact) mass is 234 g/mol. The first-order valence-corrected chi connectivity index (χ1v) is 5.43. The number of allylic oxidation sites excluding steroid dienone is 1. The molecule has 0 aliphatic rings. The third-order valence-corrected chi connectivity index (χ3v) is 2.60. The Kier molecular flexibility index (Phi) is 4.72. The largest absolute Gasteiger partial charge is 0.468 e. The molecule has 1 rings (SSSR count). The molecule has 0 aliphatic carbocycles. The van der Waals surface area contributed by atoms with Crippen LogP contribution in [-0.2, 0) is 9.53 Å². The van der Waals surface area contributed by atoms with Crippen molar-refractivity contribution >= 4 is 17.2 Å². The molecular formula is C13H18N2O2. The van der Waals surface area contributed by atoms with E-state index >= 15 is 0 Å². The minimum Gasteiger partial charge on any atom is -0.468 e. The number of carbonyl (C=O) groups excluding carboxylic acids is 1. The normalized spacial score (nSPS) is 13.2. The topological polar surface area (TPSA) is 78.3 Å². The summed E-state index contributed by atoms with van der Waals surface area (Å²) in [6.07, 6.45) is 2.33. The number of carbonyl (C=O) groups is 1. The van der Waals surface area contributed by atoms with Gasteiger partial charge in [-0.15, -0.1) is 0 Å². The summed E-state index contributed by atoms with van der Waals surface area (Å²) in [5.74, 6) is -0.418. The number of nitrogens with two attached hydrogens (primary N) is 2. The fourth-order valence-corrected chi connectivity index (χ4v) is 1.64. The second-order valence-electron chi connectivity index (χ2n) is 3.73. The van der Waals surface area contributed by atoms with Gasteiger partial charge in [-0.25, -0.2) is 0 Å². The van der Waals surface area contributed by atoms with E-state index < -0.39 is 12.0 Å². The lowest BCUT2D eigenvalue weighted by Crippen LogP contribution is -2.31. The Morgan fingerprint density at radius 1 is 1.47 bits per heavy atom. The van der Waals surface area contributed by atoms with E-state index in [0.29, 0.717) is 12.1 Å². The molecule has 1 aromatic rings. The quantitative estimate of drug-likeness (QED) is 0.612. The van der Waals surface area contributed by atoms with Crippen LogP contribution < -0.4 is 11.5 Å². The van der Waals surface area contributed by atoms with Crippen molar-refractivity contribution < 1.29 is 9.53 Å². The van der Waals surface area contributed by atoms with Crippen LogP contribution in [0, 0.1) is 0 Å². The van der Waals surface area contributed by atoms with Crippen molar-refractivity contribution in [3.8, 4) is 0 Å². The van der Waals surface area contributed by atoms with Gasteiger partial charge in [-0.3, -0.25) is 4.79 Å². The summed E-state index contributed by atoms with van der Waals surface area (Å²) >= 11 is 0. The first-order chi connectivity index (χ1) is 8.10. The number of rotatable bonds is 4. The van der Waals surface area contributed by atoms with Crippen LogP contribution in [-0.4, -0.2) is 19.1 Å². The molecule has 4 nitrogen and oxygen atoms in total. The van der Waals surface area contributed by atoms with Crippen LogP contribution in [0.2, 0.25) is 0 Å². The molecule has 92 valence electrons. The maximum atomic E-state index is 11.3. The molecule has 1 aromatic carbocycles. The van der Waals surface area contributed by atoms with Gasteiger partial charge >= 0.3 is 5.97 Å². The van der Waals surface area contributed by atoms with Crippen molar-refractivity contribution in [3.05, 3.63) is 35.9 Å². The molecule has 0 amide bonds. The average Bonchev–Trinajstić information content (AvgIpc) is 2.35. The number of ether oxygens (including phenoxy) is 1. The molecule has 0 aromatic heterocycles. The SMILES string of the molecule is C/C=C(/C[C@H](N)C(=O)OC)c1ccccc1N. The first kappa shape index (κ1) is 13.3. The molecule has 1 atom stereocenters. The van der Waals surface area contributed by atoms with Crippen molar-refractivity contribution in [3.63, 3.8) is 0 Å². The van der Waals surface area contributed by atoms with Crippen LogP contribution in [0.3, 0.4) is 0 Å². The predicted molar refractivity (Wildman–Crippen MR) is 69.1 cm³/mol. The molecule has 4 N–H and O–H groups in total. The van der Waals surface area contributed by atoms with Crippen LogP contribution >= 0.6 is 0 Å². The van der Waals surface area contributed by atoms with Gasteiger partial charge in [-0.2, -0.15) is 0 Å². The van der Waals surface area contributed by atoms with Crippen molar-refractivity contribution in [1.82, 2.24) is 0 Å². The fraction of sp³-hybridized carbons (Fsp3) is 0.308. The number of anilines is 1. The Hall–Kier alpha value is -1.81. The Bertz CT molecular complexity index is 427. The summed E-state index contributed by atoms with van der Waals surface area (Å²) in [6, 6.07) is 6.84. The molecule has 0 saturated heterocycles. The third kappa shape index (κ3) is 3.32. The molecule has 0 aliphatic heterocycles. The number of para-hydroxylation sites is 1. The molecule has 17 heavy (non-hydrogen) atoms. The van der Waals surface area contributed by atoms with Gasteiger partial charge in [0.05, 0.1) is 7.11 Å². The van der Waals surface area contributed by atoms with Gasteiger partial charge in [0, 0.05) is 11.3 Å². The lowest BCUT2D eigenvalue weighted by atomic mass is 9.97. The Labute approximate surface area is 101 Å². The lowest BCUT2D eigenvalue weighted by Gasteiger charge is -2.14. The minimum absolute atomic E-state index is 0.414. The van der Waals surface area contributed by atoms with Gasteiger partial charge in [-0.05, 0) is 25.0 Å². The highest BCUT2D eigenvalue weighted by atomic mass is 16.5. The van der Waals surface area contributed by atoms with Crippen molar-refractivity contribution in [1.29, 1.82) is 0 Å². The van der Waals surface area contributed by atoms with E-state index in [2.05, 4.69) is 4.74 Å². The van der Waals surface area contributed by atoms with E-state index in [9.17, 15) is 4.79 Å². The maximum Gasteiger partial charge on any atom is 0.322 e. The maximum absolute atomic E-state index is 11.3. The highest BCUT2D eigenvalue weighted by Gasteiger charge is 2.16. The predicted octanol–water partition coefficient (Wildman–Crippen LogP) is 1.56. The van der Waals surface area contributed by atoms with E-state index in [4.69, 9.17) is 11.5 Å². The van der Waals surface area contributed by atoms with Gasteiger partial charge in [0.25, 0.3) is 0 Å². The van der Waals surface area contributed by atoms with Crippen molar-refractivity contribution in [2.45, 2.75) is 19.4 Å². The smallest absolute Gasteiger partial charge is 0.322 e. The Morgan fingerprint density at radius 2 is 2.12 bits per heavy atom. The summed E-state index contributed by atoms with van der Waals surface area (Å²) < 4.78 is 4.60. The number of hydrogen-bond donors (Lipinski definition) is 2. The standard InChI is InChI=1S/C13H18N2O2/c1-3-9(8-12(15)13(16)17-2)10-6-4-5-7-11(10)14/h3-7,12H,8,14-15H2,1-2H3/b9-3-/t12-/m0/s1. The second kappa shape index (κ2) is 6.06. The molecule has 0 spiro atoms. The fourth-order valence-electron chi connectivity index (χ4n) is 1.64. The molecule has 0 heterocycles. The zero-order valence-corrected chi connectivity index (χ0v) is 10.1. The summed E-state index contributed by atoms with van der Waals surface area (Å²) in [7, 11) is 1.33. The van der Waals surface area contributed by atoms with Gasteiger partial charge < -0.3 is 16.2 Å². The molecule has 0 fully saturated rings. The van der Waals surface area contributed by atoms with Gasteiger partial charge in [0.15, 0.2) is 0 Å². The molecule has 0 saturated carbocycles. The van der Waals surface area contributed by atoms with Crippen LogP contribution in [0.5, 0.6) is 0 Å². The number of hydrogen-bond acceptors (Lipinski definition) is 4. The van der Waals surface area contributed by atoms with Crippen LogP contribution in [0.25, 0.3) is 5.57 Å². The summed E-state index contributed by atoms with van der Waals surface area (Å²) in [6.45, 7) is 1.89. The van der Waals surface area contributed by atoms with E-state index in [1.54, 1.807) is 0 Å². The highest BCUT2D eigenvalue weighted by Crippen LogP contribution is 2.24. The van der Waals surface area contributed by atoms with Crippen LogP contribution in [0.1, 0.15) is 18.9 Å². The summed E-state index contributed by atoms with van der Waals surface area (Å²) in [4.78, 5) is 11.3. The van der Waals surface area contributed by atoms with E-state index in [-0.39, 0.29) is 0 Å². The summed E-state index contributed by atoms with van der Waals surface area (Å²) in [5, 5.41) is 0.